The first kappa shape index (κ1) is 15.0. The van der Waals surface area contributed by atoms with E-state index in [2.05, 4.69) is 10.5 Å². The van der Waals surface area contributed by atoms with Gasteiger partial charge in [0.15, 0.2) is 9.84 Å². The zero-order valence-electron chi connectivity index (χ0n) is 11.8. The van der Waals surface area contributed by atoms with Crippen LogP contribution in [0.5, 0.6) is 0 Å². The molecule has 2 heterocycles. The maximum atomic E-state index is 11.8. The topological polar surface area (TPSA) is 89.3 Å². The molecule has 1 aromatic rings. The maximum absolute atomic E-state index is 11.8. The highest BCUT2D eigenvalue weighted by Crippen LogP contribution is 2.17. The quantitative estimate of drug-likeness (QED) is 0.867. The van der Waals surface area contributed by atoms with Gasteiger partial charge in [-0.1, -0.05) is 5.16 Å². The summed E-state index contributed by atoms with van der Waals surface area (Å²) in [5, 5.41) is 6.66. The highest BCUT2D eigenvalue weighted by molar-refractivity contribution is 7.91. The van der Waals surface area contributed by atoms with Crippen molar-refractivity contribution in [3.63, 3.8) is 0 Å². The van der Waals surface area contributed by atoms with Crippen LogP contribution in [0.2, 0.25) is 0 Å². The summed E-state index contributed by atoms with van der Waals surface area (Å²) in [6, 6.07) is 0. The number of carbonyl (C=O) groups excluding carboxylic acids is 1. The van der Waals surface area contributed by atoms with Crippen LogP contribution in [0.15, 0.2) is 4.52 Å². The van der Waals surface area contributed by atoms with Crippen molar-refractivity contribution in [3.8, 4) is 0 Å². The van der Waals surface area contributed by atoms with E-state index < -0.39 is 9.84 Å². The Balaban J connectivity index is 1.74. The lowest BCUT2D eigenvalue weighted by Gasteiger charge is -2.09. The molecule has 1 aromatic heterocycles. The molecule has 7 heteroatoms. The molecule has 0 unspecified atom stereocenters. The molecule has 0 spiro atoms. The van der Waals surface area contributed by atoms with E-state index in [9.17, 15) is 13.2 Å². The van der Waals surface area contributed by atoms with Crippen LogP contribution in [-0.4, -0.2) is 37.5 Å². The Labute approximate surface area is 118 Å². The van der Waals surface area contributed by atoms with Gasteiger partial charge in [0, 0.05) is 18.5 Å². The van der Waals surface area contributed by atoms with Gasteiger partial charge in [0.05, 0.1) is 17.2 Å². The van der Waals surface area contributed by atoms with E-state index in [0.717, 1.165) is 17.0 Å². The summed E-state index contributed by atoms with van der Waals surface area (Å²) >= 11 is 0. The molecule has 1 aliphatic rings. The highest BCUT2D eigenvalue weighted by atomic mass is 32.2. The molecule has 1 N–H and O–H groups in total. The normalized spacial score (nSPS) is 21.0. The van der Waals surface area contributed by atoms with Gasteiger partial charge >= 0.3 is 0 Å². The van der Waals surface area contributed by atoms with E-state index in [1.165, 1.54) is 0 Å². The van der Waals surface area contributed by atoms with Gasteiger partial charge in [0.1, 0.15) is 5.76 Å². The van der Waals surface area contributed by atoms with Crippen LogP contribution in [0.4, 0.5) is 0 Å². The second-order valence-electron chi connectivity index (χ2n) is 5.38. The Morgan fingerprint density at radius 3 is 2.75 bits per heavy atom. The number of sulfone groups is 1. The van der Waals surface area contributed by atoms with Gasteiger partial charge in [-0.3, -0.25) is 4.79 Å². The first-order chi connectivity index (χ1) is 9.37. The molecule has 0 radical (unpaired) electrons. The van der Waals surface area contributed by atoms with Gasteiger partial charge in [0.25, 0.3) is 0 Å². The van der Waals surface area contributed by atoms with Gasteiger partial charge in [-0.25, -0.2) is 8.42 Å². The molecule has 0 aromatic carbocycles. The molecule has 6 nitrogen and oxygen atoms in total. The fourth-order valence-corrected chi connectivity index (χ4v) is 4.34. The maximum Gasteiger partial charge on any atom is 0.220 e. The monoisotopic (exact) mass is 300 g/mol. The van der Waals surface area contributed by atoms with Crippen molar-refractivity contribution in [2.24, 2.45) is 5.92 Å². The number of hydrogen-bond acceptors (Lipinski definition) is 5. The summed E-state index contributed by atoms with van der Waals surface area (Å²) in [5.41, 5.74) is 1.79. The smallest absolute Gasteiger partial charge is 0.220 e. The minimum Gasteiger partial charge on any atom is -0.361 e. The van der Waals surface area contributed by atoms with E-state index in [1.807, 2.05) is 13.8 Å². The first-order valence-corrected chi connectivity index (χ1v) is 8.58. The summed E-state index contributed by atoms with van der Waals surface area (Å²) < 4.78 is 27.7. The highest BCUT2D eigenvalue weighted by Gasteiger charge is 2.27. The number of nitrogens with zero attached hydrogens (tertiary/aromatic N) is 1. The average molecular weight is 300 g/mol. The molecule has 0 bridgehead atoms. The van der Waals surface area contributed by atoms with Crippen molar-refractivity contribution < 1.29 is 17.7 Å². The number of amides is 1. The van der Waals surface area contributed by atoms with Crippen LogP contribution in [0, 0.1) is 19.8 Å². The SMILES string of the molecule is Cc1noc(C)c1CCC(=O)NC[C@@H]1CCS(=O)(=O)C1. The van der Waals surface area contributed by atoms with Gasteiger partial charge < -0.3 is 9.84 Å². The van der Waals surface area contributed by atoms with Crippen molar-refractivity contribution in [1.82, 2.24) is 10.5 Å². The number of rotatable bonds is 5. The third kappa shape index (κ3) is 3.82. The standard InChI is InChI=1S/C13H20N2O4S/c1-9-12(10(2)19-15-9)3-4-13(16)14-7-11-5-6-20(17,18)8-11/h11H,3-8H2,1-2H3,(H,14,16)/t11-/m0/s1. The lowest BCUT2D eigenvalue weighted by Crippen LogP contribution is -2.30. The largest absolute Gasteiger partial charge is 0.361 e. The Hall–Kier alpha value is -1.37. The average Bonchev–Trinajstić information content (AvgIpc) is 2.88. The van der Waals surface area contributed by atoms with E-state index in [1.54, 1.807) is 0 Å². The minimum absolute atomic E-state index is 0.0583. The molecule has 1 fully saturated rings. The fourth-order valence-electron chi connectivity index (χ4n) is 2.48. The number of aryl methyl sites for hydroxylation is 2. The molecular weight excluding hydrogens is 280 g/mol. The van der Waals surface area contributed by atoms with Gasteiger partial charge in [-0.05, 0) is 32.6 Å². The van der Waals surface area contributed by atoms with E-state index in [-0.39, 0.29) is 23.3 Å². The Bertz CT molecular complexity index is 572. The zero-order valence-corrected chi connectivity index (χ0v) is 12.6. The molecule has 1 saturated heterocycles. The second-order valence-corrected chi connectivity index (χ2v) is 7.60. The number of nitrogens with one attached hydrogen (secondary N) is 1. The summed E-state index contributed by atoms with van der Waals surface area (Å²) in [5.74, 6) is 1.18. The van der Waals surface area contributed by atoms with Crippen molar-refractivity contribution in [2.75, 3.05) is 18.1 Å². The predicted octanol–water partition coefficient (Wildman–Crippen LogP) is 0.775. The molecule has 20 heavy (non-hydrogen) atoms. The Morgan fingerprint density at radius 1 is 1.45 bits per heavy atom. The zero-order chi connectivity index (χ0) is 14.8. The summed E-state index contributed by atoms with van der Waals surface area (Å²) in [6.45, 7) is 4.13. The number of aromatic nitrogens is 1. The van der Waals surface area contributed by atoms with E-state index >= 15 is 0 Å². The van der Waals surface area contributed by atoms with Crippen LogP contribution in [0.3, 0.4) is 0 Å². The van der Waals surface area contributed by atoms with E-state index in [4.69, 9.17) is 4.52 Å². The lowest BCUT2D eigenvalue weighted by atomic mass is 10.1. The van der Waals surface area contributed by atoms with Crippen LogP contribution in [-0.2, 0) is 21.1 Å². The second kappa shape index (κ2) is 5.95. The van der Waals surface area contributed by atoms with Gasteiger partial charge in [0.2, 0.25) is 5.91 Å². The molecular formula is C13H20N2O4S. The molecule has 1 aliphatic heterocycles. The van der Waals surface area contributed by atoms with Gasteiger partial charge in [-0.2, -0.15) is 0 Å². The first-order valence-electron chi connectivity index (χ1n) is 6.76. The molecule has 0 saturated carbocycles. The number of hydrogen-bond donors (Lipinski definition) is 1. The van der Waals surface area contributed by atoms with Crippen LogP contribution >= 0.6 is 0 Å². The third-order valence-corrected chi connectivity index (χ3v) is 5.53. The van der Waals surface area contributed by atoms with Crippen LogP contribution < -0.4 is 5.32 Å². The molecule has 1 atom stereocenters. The minimum atomic E-state index is -2.87. The molecule has 2 rings (SSSR count). The lowest BCUT2D eigenvalue weighted by molar-refractivity contribution is -0.121. The molecule has 1 amide bonds. The van der Waals surface area contributed by atoms with Crippen molar-refractivity contribution in [1.29, 1.82) is 0 Å². The van der Waals surface area contributed by atoms with Crippen LogP contribution in [0.25, 0.3) is 0 Å². The van der Waals surface area contributed by atoms with Crippen LogP contribution in [0.1, 0.15) is 29.9 Å². The van der Waals surface area contributed by atoms with Crippen molar-refractivity contribution in [3.05, 3.63) is 17.0 Å². The third-order valence-electron chi connectivity index (χ3n) is 3.70. The summed E-state index contributed by atoms with van der Waals surface area (Å²) in [7, 11) is -2.87. The van der Waals surface area contributed by atoms with Crippen molar-refractivity contribution in [2.45, 2.75) is 33.1 Å². The van der Waals surface area contributed by atoms with Gasteiger partial charge in [-0.15, -0.1) is 0 Å². The summed E-state index contributed by atoms with van der Waals surface area (Å²) in [4.78, 5) is 11.8. The fraction of sp³-hybridized carbons (Fsp3) is 0.692. The molecule has 0 aliphatic carbocycles. The van der Waals surface area contributed by atoms with E-state index in [0.29, 0.717) is 25.8 Å². The number of carbonyl (C=O) groups is 1. The Kier molecular flexibility index (Phi) is 4.47. The predicted molar refractivity (Wildman–Crippen MR) is 74.1 cm³/mol. The van der Waals surface area contributed by atoms with Crippen molar-refractivity contribution >= 4 is 15.7 Å². The Morgan fingerprint density at radius 2 is 2.20 bits per heavy atom. The molecule has 112 valence electrons. The summed E-state index contributed by atoms with van der Waals surface area (Å²) in [6.07, 6.45) is 1.60.